The molecule has 2 aliphatic rings. The van der Waals surface area contributed by atoms with Gasteiger partial charge in [-0.3, -0.25) is 9.59 Å². The number of alkyl halides is 2. The van der Waals surface area contributed by atoms with Crippen LogP contribution in [0.3, 0.4) is 0 Å². The number of aromatic nitrogens is 1. The van der Waals surface area contributed by atoms with Crippen LogP contribution in [0.5, 0.6) is 11.5 Å². The van der Waals surface area contributed by atoms with Gasteiger partial charge in [-0.25, -0.2) is 4.98 Å². The van der Waals surface area contributed by atoms with Gasteiger partial charge in [0.1, 0.15) is 5.82 Å². The number of nitrogens with zero attached hydrogens (tertiary/aromatic N) is 1. The van der Waals surface area contributed by atoms with Gasteiger partial charge in [-0.05, 0) is 61.2 Å². The van der Waals surface area contributed by atoms with Crippen LogP contribution in [0.4, 0.5) is 14.6 Å². The Morgan fingerprint density at radius 2 is 1.52 bits per heavy atom. The van der Waals surface area contributed by atoms with E-state index in [4.69, 9.17) is 24.7 Å². The molecule has 0 atom stereocenters. The number of nitrogens with two attached hydrogens (primary N) is 1. The van der Waals surface area contributed by atoms with Crippen molar-refractivity contribution >= 4 is 17.6 Å². The van der Waals surface area contributed by atoms with Gasteiger partial charge in [0.25, 0.3) is 5.91 Å². The number of hydrogen-bond acceptors (Lipinski definition) is 10. The van der Waals surface area contributed by atoms with Gasteiger partial charge in [0.15, 0.2) is 11.5 Å². The Kier molecular flexibility index (Phi) is 11.9. The highest BCUT2D eigenvalue weighted by molar-refractivity contribution is 6.01. The summed E-state index contributed by atoms with van der Waals surface area (Å²) in [5.74, 6) is -0.409. The van der Waals surface area contributed by atoms with Gasteiger partial charge in [0, 0.05) is 24.2 Å². The fraction of sp³-hybridized carbons (Fsp3) is 0.441. The Bertz CT molecular complexity index is 1570. The third kappa shape index (κ3) is 9.23. The van der Waals surface area contributed by atoms with Gasteiger partial charge in [-0.2, -0.15) is 0 Å². The fourth-order valence-electron chi connectivity index (χ4n) is 5.14. The number of nitrogens with one attached hydrogen (secondary N) is 2. The van der Waals surface area contributed by atoms with Crippen LogP contribution in [0.25, 0.3) is 11.3 Å². The second-order valence-corrected chi connectivity index (χ2v) is 11.3. The molecular weight excluding hydrogens is 630 g/mol. The lowest BCUT2D eigenvalue weighted by atomic mass is 9.94. The molecule has 2 heterocycles. The van der Waals surface area contributed by atoms with E-state index in [1.54, 1.807) is 30.3 Å². The van der Waals surface area contributed by atoms with Gasteiger partial charge < -0.3 is 44.8 Å². The van der Waals surface area contributed by atoms with Crippen molar-refractivity contribution in [2.45, 2.75) is 31.5 Å². The zero-order valence-corrected chi connectivity index (χ0v) is 26.7. The number of aryl methyl sites for hydroxylation is 1. The molecule has 1 aromatic heterocycles. The van der Waals surface area contributed by atoms with Crippen LogP contribution in [0.2, 0.25) is 0 Å². The summed E-state index contributed by atoms with van der Waals surface area (Å²) < 4.78 is 57.7. The number of ether oxygens (including phenoxy) is 6. The molecule has 1 aliphatic heterocycles. The maximum atomic E-state index is 13.5. The summed E-state index contributed by atoms with van der Waals surface area (Å²) in [5.41, 5.74) is 7.63. The van der Waals surface area contributed by atoms with Crippen LogP contribution in [-0.4, -0.2) is 89.0 Å². The molecule has 258 valence electrons. The summed E-state index contributed by atoms with van der Waals surface area (Å²) in [6.45, 7) is 6.25. The number of carbonyl (C=O) groups is 2. The molecule has 1 fully saturated rings. The zero-order valence-electron chi connectivity index (χ0n) is 26.7. The van der Waals surface area contributed by atoms with Crippen molar-refractivity contribution in [3.05, 3.63) is 71.3 Å². The van der Waals surface area contributed by atoms with Crippen molar-refractivity contribution in [1.29, 1.82) is 0 Å². The molecule has 1 aliphatic carbocycles. The molecule has 14 heteroatoms. The van der Waals surface area contributed by atoms with Gasteiger partial charge in [0.05, 0.1) is 64.0 Å². The highest BCUT2D eigenvalue weighted by Crippen LogP contribution is 2.52. The van der Waals surface area contributed by atoms with Crippen LogP contribution in [0.15, 0.2) is 54.6 Å². The molecule has 12 nitrogen and oxygen atoms in total. The monoisotopic (exact) mass is 670 g/mol. The number of halogens is 2. The molecule has 5 rings (SSSR count). The topological polar surface area (TPSA) is 152 Å². The van der Waals surface area contributed by atoms with E-state index >= 15 is 0 Å². The zero-order chi connectivity index (χ0) is 34.0. The first-order chi connectivity index (χ1) is 23.2. The molecule has 2 amide bonds. The average molecular weight is 671 g/mol. The second kappa shape index (κ2) is 16.3. The van der Waals surface area contributed by atoms with E-state index in [2.05, 4.69) is 25.1 Å². The number of carbonyl (C=O) groups excluding carboxylic acids is 2. The number of rotatable bonds is 19. The highest BCUT2D eigenvalue weighted by Gasteiger charge is 2.53. The van der Waals surface area contributed by atoms with Crippen molar-refractivity contribution in [2.24, 2.45) is 5.73 Å². The van der Waals surface area contributed by atoms with E-state index in [1.165, 1.54) is 12.1 Å². The van der Waals surface area contributed by atoms with Crippen molar-refractivity contribution in [3.63, 3.8) is 0 Å². The summed E-state index contributed by atoms with van der Waals surface area (Å²) in [7, 11) is 0. The van der Waals surface area contributed by atoms with Crippen LogP contribution < -0.4 is 25.8 Å². The van der Waals surface area contributed by atoms with E-state index in [0.717, 1.165) is 5.56 Å². The number of fused-ring (bicyclic) bond motifs is 1. The van der Waals surface area contributed by atoms with Crippen LogP contribution in [0, 0.1) is 6.92 Å². The molecule has 0 spiro atoms. The van der Waals surface area contributed by atoms with Gasteiger partial charge >= 0.3 is 6.29 Å². The smallest absolute Gasteiger partial charge is 0.395 e. The van der Waals surface area contributed by atoms with Crippen molar-refractivity contribution in [3.8, 4) is 22.8 Å². The van der Waals surface area contributed by atoms with Gasteiger partial charge in [-0.1, -0.05) is 24.3 Å². The van der Waals surface area contributed by atoms with Crippen LogP contribution in [-0.2, 0) is 29.2 Å². The Labute approximate surface area is 277 Å². The first-order valence-electron chi connectivity index (χ1n) is 15.8. The van der Waals surface area contributed by atoms with Gasteiger partial charge in [0.2, 0.25) is 5.91 Å². The predicted molar refractivity (Wildman–Crippen MR) is 171 cm³/mol. The predicted octanol–water partition coefficient (Wildman–Crippen LogP) is 3.80. The molecule has 4 N–H and O–H groups in total. The Morgan fingerprint density at radius 1 is 0.854 bits per heavy atom. The van der Waals surface area contributed by atoms with E-state index in [0.29, 0.717) is 107 Å². The number of anilines is 1. The summed E-state index contributed by atoms with van der Waals surface area (Å²) in [4.78, 5) is 30.9. The molecule has 3 aromatic rings. The summed E-state index contributed by atoms with van der Waals surface area (Å²) in [6.07, 6.45) is -2.64. The third-order valence-electron chi connectivity index (χ3n) is 7.79. The van der Waals surface area contributed by atoms with Gasteiger partial charge in [-0.15, -0.1) is 8.78 Å². The van der Waals surface area contributed by atoms with Crippen LogP contribution >= 0.6 is 0 Å². The molecule has 0 radical (unpaired) electrons. The Morgan fingerprint density at radius 3 is 2.21 bits per heavy atom. The van der Waals surface area contributed by atoms with E-state index < -0.39 is 11.7 Å². The molecule has 48 heavy (non-hydrogen) atoms. The highest BCUT2D eigenvalue weighted by atomic mass is 19.3. The molecule has 1 saturated carbocycles. The number of hydrogen-bond donors (Lipinski definition) is 3. The molecule has 0 bridgehead atoms. The normalized spacial score (nSPS) is 15.2. The lowest BCUT2D eigenvalue weighted by molar-refractivity contribution is -0.286. The van der Waals surface area contributed by atoms with Crippen molar-refractivity contribution < 1.29 is 46.8 Å². The first-order valence-corrected chi connectivity index (χ1v) is 15.8. The average Bonchev–Trinajstić information content (AvgIpc) is 3.82. The molecule has 2 aromatic carbocycles. The SMILES string of the molecule is Cc1ccc(NC(=O)C2(c3ccc4c(c3)OC(F)(F)O4)CC2)nc1-c1cccc(C(=O)NCCOCCOCCOCCOCCN)c1. The van der Waals surface area contributed by atoms with Crippen molar-refractivity contribution in [1.82, 2.24) is 10.3 Å². The Balaban J connectivity index is 1.08. The fourth-order valence-corrected chi connectivity index (χ4v) is 5.14. The second-order valence-electron chi connectivity index (χ2n) is 11.3. The molecule has 0 unspecified atom stereocenters. The minimum absolute atomic E-state index is 0.0744. The van der Waals surface area contributed by atoms with Crippen molar-refractivity contribution in [2.75, 3.05) is 71.3 Å². The lowest BCUT2D eigenvalue weighted by Crippen LogP contribution is -2.28. The van der Waals surface area contributed by atoms with E-state index in [-0.39, 0.29) is 23.3 Å². The summed E-state index contributed by atoms with van der Waals surface area (Å²) >= 11 is 0. The number of pyridine rings is 1. The quantitative estimate of drug-likeness (QED) is 0.161. The number of benzene rings is 2. The third-order valence-corrected chi connectivity index (χ3v) is 7.79. The minimum Gasteiger partial charge on any atom is -0.395 e. The maximum absolute atomic E-state index is 13.5. The standard InChI is InChI=1S/C34H40F2N4O8/c1-23-5-8-29(40-32(42)33(9-10-33)26-6-7-27-28(22-26)48-34(35,36)47-27)39-30(23)24-3-2-4-25(21-24)31(41)38-12-14-44-16-18-46-20-19-45-17-15-43-13-11-37/h2-8,21-22H,9-20,37H2,1H3,(H,38,41)(H,39,40,42). The van der Waals surface area contributed by atoms with E-state index in [9.17, 15) is 18.4 Å². The van der Waals surface area contributed by atoms with E-state index in [1.807, 2.05) is 19.1 Å². The molecular formula is C34H40F2N4O8. The largest absolute Gasteiger partial charge is 0.586 e. The molecule has 0 saturated heterocycles. The first kappa shape index (κ1) is 35.1. The maximum Gasteiger partial charge on any atom is 0.586 e. The summed E-state index contributed by atoms with van der Waals surface area (Å²) in [5, 5.41) is 5.73. The van der Waals surface area contributed by atoms with Crippen LogP contribution in [0.1, 0.15) is 34.3 Å². The Hall–Kier alpha value is -4.21. The lowest BCUT2D eigenvalue weighted by Gasteiger charge is -2.17. The number of amides is 2. The summed E-state index contributed by atoms with van der Waals surface area (Å²) in [6, 6.07) is 15.0. The minimum atomic E-state index is -3.73.